The van der Waals surface area contributed by atoms with Crippen molar-refractivity contribution in [3.05, 3.63) is 64.1 Å². The predicted octanol–water partition coefficient (Wildman–Crippen LogP) is 5.40. The standard InChI is InChI=1S/C19H21BrO2/c20-16-9-7-15(8-10-16)19-3-1-2-18(22-19)13-6-14-4-11-17(21)12-5-14/h4-5,7-12,18-19,21H,1-3,6,13H2/t18-,19+/m0/s1. The van der Waals surface area contributed by atoms with Gasteiger partial charge in [-0.1, -0.05) is 40.2 Å². The van der Waals surface area contributed by atoms with Gasteiger partial charge in [0.15, 0.2) is 0 Å². The Balaban J connectivity index is 1.56. The number of halogens is 1. The molecule has 1 aliphatic rings. The maximum absolute atomic E-state index is 9.33. The largest absolute Gasteiger partial charge is 0.508 e. The number of phenols is 1. The Morgan fingerprint density at radius 3 is 2.45 bits per heavy atom. The first-order valence-corrected chi connectivity index (χ1v) is 8.69. The molecule has 1 heterocycles. The lowest BCUT2D eigenvalue weighted by Crippen LogP contribution is -2.23. The maximum Gasteiger partial charge on any atom is 0.115 e. The molecule has 2 aromatic rings. The Labute approximate surface area is 140 Å². The van der Waals surface area contributed by atoms with Gasteiger partial charge in [-0.2, -0.15) is 0 Å². The zero-order valence-corrected chi connectivity index (χ0v) is 14.1. The summed E-state index contributed by atoms with van der Waals surface area (Å²) in [5.41, 5.74) is 2.53. The van der Waals surface area contributed by atoms with E-state index in [0.717, 1.165) is 30.2 Å². The highest BCUT2D eigenvalue weighted by Gasteiger charge is 2.23. The number of aryl methyl sites for hydroxylation is 1. The van der Waals surface area contributed by atoms with Gasteiger partial charge < -0.3 is 9.84 Å². The Kier molecular flexibility index (Phi) is 5.16. The van der Waals surface area contributed by atoms with Crippen LogP contribution < -0.4 is 0 Å². The molecule has 2 nitrogen and oxygen atoms in total. The van der Waals surface area contributed by atoms with E-state index < -0.39 is 0 Å². The minimum atomic E-state index is 0.228. The lowest BCUT2D eigenvalue weighted by Gasteiger charge is -2.30. The van der Waals surface area contributed by atoms with Crippen molar-refractivity contribution in [3.63, 3.8) is 0 Å². The zero-order valence-electron chi connectivity index (χ0n) is 12.5. The van der Waals surface area contributed by atoms with Crippen LogP contribution in [0.5, 0.6) is 5.75 Å². The molecule has 22 heavy (non-hydrogen) atoms. The van der Waals surface area contributed by atoms with Crippen LogP contribution in [0.25, 0.3) is 0 Å². The van der Waals surface area contributed by atoms with Gasteiger partial charge in [0.25, 0.3) is 0 Å². The van der Waals surface area contributed by atoms with Crippen LogP contribution in [0, 0.1) is 0 Å². The molecule has 0 aromatic heterocycles. The number of rotatable bonds is 4. The molecule has 0 aliphatic carbocycles. The SMILES string of the molecule is Oc1ccc(CC[C@@H]2CCC[C@H](c3ccc(Br)cc3)O2)cc1. The smallest absolute Gasteiger partial charge is 0.115 e. The van der Waals surface area contributed by atoms with Crippen LogP contribution in [0.15, 0.2) is 53.0 Å². The second kappa shape index (κ2) is 7.30. The van der Waals surface area contributed by atoms with E-state index in [4.69, 9.17) is 4.74 Å². The van der Waals surface area contributed by atoms with Crippen LogP contribution in [0.2, 0.25) is 0 Å². The molecule has 0 saturated carbocycles. The third-order valence-electron chi connectivity index (χ3n) is 4.28. The van der Waals surface area contributed by atoms with Crippen molar-refractivity contribution in [2.24, 2.45) is 0 Å². The van der Waals surface area contributed by atoms with Crippen molar-refractivity contribution in [3.8, 4) is 5.75 Å². The Bertz CT molecular complexity index is 592. The summed E-state index contributed by atoms with van der Waals surface area (Å²) in [6.45, 7) is 0. The molecule has 3 heteroatoms. The topological polar surface area (TPSA) is 29.5 Å². The van der Waals surface area contributed by atoms with E-state index in [2.05, 4.69) is 40.2 Å². The zero-order chi connectivity index (χ0) is 15.4. The van der Waals surface area contributed by atoms with Gasteiger partial charge in [0, 0.05) is 4.47 Å². The summed E-state index contributed by atoms with van der Waals surface area (Å²) in [6.07, 6.45) is 6.07. The van der Waals surface area contributed by atoms with Crippen molar-refractivity contribution in [1.82, 2.24) is 0 Å². The van der Waals surface area contributed by atoms with E-state index in [9.17, 15) is 5.11 Å². The van der Waals surface area contributed by atoms with Gasteiger partial charge in [-0.25, -0.2) is 0 Å². The highest BCUT2D eigenvalue weighted by molar-refractivity contribution is 9.10. The van der Waals surface area contributed by atoms with Crippen LogP contribution in [-0.2, 0) is 11.2 Å². The van der Waals surface area contributed by atoms with E-state index in [1.807, 2.05) is 12.1 Å². The predicted molar refractivity (Wildman–Crippen MR) is 92.0 cm³/mol. The van der Waals surface area contributed by atoms with Gasteiger partial charge >= 0.3 is 0 Å². The lowest BCUT2D eigenvalue weighted by molar-refractivity contribution is -0.0546. The van der Waals surface area contributed by atoms with Crippen LogP contribution >= 0.6 is 15.9 Å². The fourth-order valence-corrected chi connectivity index (χ4v) is 3.29. The molecule has 0 amide bonds. The first kappa shape index (κ1) is 15.6. The quantitative estimate of drug-likeness (QED) is 0.790. The minimum absolute atomic E-state index is 0.228. The number of ether oxygens (including phenoxy) is 1. The van der Waals surface area contributed by atoms with Crippen molar-refractivity contribution in [2.75, 3.05) is 0 Å². The Morgan fingerprint density at radius 1 is 1.00 bits per heavy atom. The summed E-state index contributed by atoms with van der Waals surface area (Å²) in [6, 6.07) is 15.9. The number of hydrogen-bond donors (Lipinski definition) is 1. The van der Waals surface area contributed by atoms with E-state index in [-0.39, 0.29) is 6.10 Å². The molecule has 0 radical (unpaired) electrons. The average molecular weight is 361 g/mol. The molecular formula is C19H21BrO2. The molecular weight excluding hydrogens is 340 g/mol. The van der Waals surface area contributed by atoms with E-state index >= 15 is 0 Å². The molecule has 0 bridgehead atoms. The number of hydrogen-bond acceptors (Lipinski definition) is 2. The van der Waals surface area contributed by atoms with Gasteiger partial charge in [0.2, 0.25) is 0 Å². The van der Waals surface area contributed by atoms with Crippen molar-refractivity contribution >= 4 is 15.9 Å². The summed E-state index contributed by atoms with van der Waals surface area (Å²) in [4.78, 5) is 0. The number of phenolic OH excluding ortho intramolecular Hbond substituents is 1. The van der Waals surface area contributed by atoms with E-state index in [0.29, 0.717) is 11.9 Å². The third-order valence-corrected chi connectivity index (χ3v) is 4.81. The molecule has 3 rings (SSSR count). The van der Waals surface area contributed by atoms with Gasteiger partial charge in [0.1, 0.15) is 5.75 Å². The summed E-state index contributed by atoms with van der Waals surface area (Å²) >= 11 is 3.48. The van der Waals surface area contributed by atoms with Crippen LogP contribution in [0.3, 0.4) is 0 Å². The lowest BCUT2D eigenvalue weighted by atomic mass is 9.95. The summed E-state index contributed by atoms with van der Waals surface area (Å²) in [5.74, 6) is 0.327. The molecule has 1 N–H and O–H groups in total. The van der Waals surface area contributed by atoms with Crippen LogP contribution in [0.4, 0.5) is 0 Å². The monoisotopic (exact) mass is 360 g/mol. The molecule has 1 fully saturated rings. The highest BCUT2D eigenvalue weighted by atomic mass is 79.9. The molecule has 0 spiro atoms. The van der Waals surface area contributed by atoms with Gasteiger partial charge in [-0.05, 0) is 67.5 Å². The second-order valence-electron chi connectivity index (χ2n) is 5.93. The fraction of sp³-hybridized carbons (Fsp3) is 0.368. The molecule has 0 unspecified atom stereocenters. The maximum atomic E-state index is 9.33. The van der Waals surface area contributed by atoms with Gasteiger partial charge in [-0.15, -0.1) is 0 Å². The minimum Gasteiger partial charge on any atom is -0.508 e. The van der Waals surface area contributed by atoms with Crippen LogP contribution in [-0.4, -0.2) is 11.2 Å². The molecule has 116 valence electrons. The highest BCUT2D eigenvalue weighted by Crippen LogP contribution is 2.33. The molecule has 1 aliphatic heterocycles. The number of benzene rings is 2. The second-order valence-corrected chi connectivity index (χ2v) is 6.85. The third kappa shape index (κ3) is 4.11. The van der Waals surface area contributed by atoms with E-state index in [1.54, 1.807) is 12.1 Å². The van der Waals surface area contributed by atoms with Crippen molar-refractivity contribution in [2.45, 2.75) is 44.3 Å². The molecule has 1 saturated heterocycles. The molecule has 2 atom stereocenters. The van der Waals surface area contributed by atoms with E-state index in [1.165, 1.54) is 17.5 Å². The summed E-state index contributed by atoms with van der Waals surface area (Å²) in [5, 5.41) is 9.33. The van der Waals surface area contributed by atoms with Crippen LogP contribution in [0.1, 0.15) is 42.9 Å². The van der Waals surface area contributed by atoms with Crippen molar-refractivity contribution < 1.29 is 9.84 Å². The van der Waals surface area contributed by atoms with Gasteiger partial charge in [-0.3, -0.25) is 0 Å². The van der Waals surface area contributed by atoms with Gasteiger partial charge in [0.05, 0.1) is 12.2 Å². The normalized spacial score (nSPS) is 21.7. The Morgan fingerprint density at radius 2 is 1.73 bits per heavy atom. The summed E-state index contributed by atoms with van der Waals surface area (Å²) < 4.78 is 7.40. The molecule has 2 aromatic carbocycles. The van der Waals surface area contributed by atoms with Crippen molar-refractivity contribution in [1.29, 1.82) is 0 Å². The Hall–Kier alpha value is -1.32. The first-order chi connectivity index (χ1) is 10.7. The average Bonchev–Trinajstić information content (AvgIpc) is 2.55. The number of aromatic hydroxyl groups is 1. The fourth-order valence-electron chi connectivity index (χ4n) is 3.02. The summed E-state index contributed by atoms with van der Waals surface area (Å²) in [7, 11) is 0. The first-order valence-electron chi connectivity index (χ1n) is 7.89.